The first-order valence-corrected chi connectivity index (χ1v) is 10.7. The Morgan fingerprint density at radius 2 is 1.38 bits per heavy atom. The summed E-state index contributed by atoms with van der Waals surface area (Å²) in [7, 11) is 0. The maximum Gasteiger partial charge on any atom is 0.410 e. The van der Waals surface area contributed by atoms with E-state index >= 15 is 0 Å². The Bertz CT molecular complexity index is 895. The van der Waals surface area contributed by atoms with Gasteiger partial charge in [-0.05, 0) is 53.7 Å². The van der Waals surface area contributed by atoms with Crippen molar-refractivity contribution in [2.75, 3.05) is 26.2 Å². The highest BCUT2D eigenvalue weighted by Gasteiger charge is 2.42. The van der Waals surface area contributed by atoms with E-state index in [1.165, 1.54) is 9.80 Å². The molecule has 3 rings (SSSR count). The van der Waals surface area contributed by atoms with Crippen molar-refractivity contribution >= 4 is 24.0 Å². The molecule has 2 aliphatic rings. The van der Waals surface area contributed by atoms with E-state index in [1.807, 2.05) is 0 Å². The van der Waals surface area contributed by atoms with Crippen LogP contribution in [-0.4, -0.2) is 82.1 Å². The van der Waals surface area contributed by atoms with E-state index in [9.17, 15) is 19.2 Å². The highest BCUT2D eigenvalue weighted by molar-refractivity contribution is 6.21. The first-order valence-electron chi connectivity index (χ1n) is 10.7. The van der Waals surface area contributed by atoms with Gasteiger partial charge < -0.3 is 14.4 Å². The third-order valence-corrected chi connectivity index (χ3v) is 5.03. The number of nitrogens with zero attached hydrogens (tertiary/aromatic N) is 3. The summed E-state index contributed by atoms with van der Waals surface area (Å²) in [5.74, 6) is -0.826. The maximum absolute atomic E-state index is 12.9. The molecule has 1 aromatic rings. The number of imide groups is 1. The van der Waals surface area contributed by atoms with Crippen LogP contribution in [0, 0.1) is 0 Å². The van der Waals surface area contributed by atoms with Gasteiger partial charge in [0.05, 0.1) is 23.7 Å². The molecule has 174 valence electrons. The Balaban J connectivity index is 1.82. The molecule has 9 nitrogen and oxygen atoms in total. The number of carbonyl (C=O) groups is 4. The molecule has 9 heteroatoms. The predicted octanol–water partition coefficient (Wildman–Crippen LogP) is 3.14. The number of hydrogen-bond acceptors (Lipinski definition) is 6. The molecule has 0 saturated carbocycles. The average Bonchev–Trinajstić information content (AvgIpc) is 2.90. The quantitative estimate of drug-likeness (QED) is 0.649. The van der Waals surface area contributed by atoms with Crippen molar-refractivity contribution in [1.82, 2.24) is 14.7 Å². The third-order valence-electron chi connectivity index (χ3n) is 5.03. The van der Waals surface area contributed by atoms with Crippen LogP contribution >= 0.6 is 0 Å². The molecule has 0 radical (unpaired) electrons. The molecule has 0 aromatic heterocycles. The van der Waals surface area contributed by atoms with Crippen LogP contribution < -0.4 is 0 Å². The minimum absolute atomic E-state index is 0.0507. The molecular weight excluding hydrogens is 414 g/mol. The summed E-state index contributed by atoms with van der Waals surface area (Å²) in [6.07, 6.45) is -1.06. The van der Waals surface area contributed by atoms with Gasteiger partial charge >= 0.3 is 12.2 Å². The SMILES string of the molecule is CC(C)(C)OC(=O)N1CCN(C(=O)OC(C)(C)C)[C@@H](CN2C(=O)c3ccccc3C2=O)C1. The molecule has 1 aromatic carbocycles. The zero-order chi connectivity index (χ0) is 23.8. The monoisotopic (exact) mass is 445 g/mol. The Hall–Kier alpha value is -3.10. The van der Waals surface area contributed by atoms with Crippen LogP contribution in [0.3, 0.4) is 0 Å². The fraction of sp³-hybridized carbons (Fsp3) is 0.565. The summed E-state index contributed by atoms with van der Waals surface area (Å²) in [6, 6.07) is 5.98. The lowest BCUT2D eigenvalue weighted by molar-refractivity contribution is -0.0179. The van der Waals surface area contributed by atoms with E-state index in [1.54, 1.807) is 65.8 Å². The van der Waals surface area contributed by atoms with Crippen molar-refractivity contribution in [3.05, 3.63) is 35.4 Å². The van der Waals surface area contributed by atoms with Crippen LogP contribution in [0.15, 0.2) is 24.3 Å². The third kappa shape index (κ3) is 5.20. The molecule has 0 bridgehead atoms. The number of rotatable bonds is 2. The van der Waals surface area contributed by atoms with Gasteiger partial charge in [-0.3, -0.25) is 19.4 Å². The first kappa shape index (κ1) is 23.6. The van der Waals surface area contributed by atoms with Crippen molar-refractivity contribution in [3.63, 3.8) is 0 Å². The summed E-state index contributed by atoms with van der Waals surface area (Å²) >= 11 is 0. The normalized spacial score (nSPS) is 19.2. The highest BCUT2D eigenvalue weighted by atomic mass is 16.6. The van der Waals surface area contributed by atoms with Gasteiger partial charge in [-0.1, -0.05) is 12.1 Å². The number of benzene rings is 1. The first-order chi connectivity index (χ1) is 14.8. The van der Waals surface area contributed by atoms with Crippen LogP contribution in [-0.2, 0) is 9.47 Å². The maximum atomic E-state index is 12.9. The van der Waals surface area contributed by atoms with Crippen molar-refractivity contribution < 1.29 is 28.7 Å². The van der Waals surface area contributed by atoms with Crippen LogP contribution in [0.5, 0.6) is 0 Å². The van der Waals surface area contributed by atoms with Gasteiger partial charge in [0, 0.05) is 19.6 Å². The van der Waals surface area contributed by atoms with Gasteiger partial charge in [0.2, 0.25) is 0 Å². The highest BCUT2D eigenvalue weighted by Crippen LogP contribution is 2.25. The minimum atomic E-state index is -0.709. The molecule has 32 heavy (non-hydrogen) atoms. The average molecular weight is 446 g/mol. The smallest absolute Gasteiger partial charge is 0.410 e. The molecular formula is C23H31N3O6. The summed E-state index contributed by atoms with van der Waals surface area (Å²) < 4.78 is 11.0. The van der Waals surface area contributed by atoms with Crippen molar-refractivity contribution in [2.24, 2.45) is 0 Å². The zero-order valence-electron chi connectivity index (χ0n) is 19.5. The van der Waals surface area contributed by atoms with Crippen molar-refractivity contribution in [3.8, 4) is 0 Å². The molecule has 0 N–H and O–H groups in total. The van der Waals surface area contributed by atoms with Gasteiger partial charge in [-0.2, -0.15) is 0 Å². The van der Waals surface area contributed by atoms with E-state index in [0.717, 1.165) is 4.90 Å². The van der Waals surface area contributed by atoms with Gasteiger partial charge in [0.1, 0.15) is 11.2 Å². The van der Waals surface area contributed by atoms with Gasteiger partial charge in [0.15, 0.2) is 0 Å². The van der Waals surface area contributed by atoms with E-state index in [2.05, 4.69) is 0 Å². The van der Waals surface area contributed by atoms with Gasteiger partial charge in [0.25, 0.3) is 11.8 Å². The summed E-state index contributed by atoms with van der Waals surface area (Å²) in [5.41, 5.74) is -0.709. The number of amides is 4. The van der Waals surface area contributed by atoms with E-state index in [4.69, 9.17) is 9.47 Å². The number of hydrogen-bond donors (Lipinski definition) is 0. The lowest BCUT2D eigenvalue weighted by atomic mass is 10.1. The fourth-order valence-corrected chi connectivity index (χ4v) is 3.68. The summed E-state index contributed by atoms with van der Waals surface area (Å²) in [5, 5.41) is 0. The van der Waals surface area contributed by atoms with Crippen LogP contribution in [0.1, 0.15) is 62.3 Å². The number of carbonyl (C=O) groups excluding carboxylic acids is 4. The zero-order valence-corrected chi connectivity index (χ0v) is 19.5. The van der Waals surface area contributed by atoms with E-state index in [-0.39, 0.29) is 26.2 Å². The topological polar surface area (TPSA) is 96.5 Å². The molecule has 1 fully saturated rings. The van der Waals surface area contributed by atoms with Gasteiger partial charge in [-0.15, -0.1) is 0 Å². The second-order valence-corrected chi connectivity index (χ2v) is 10.0. The lowest BCUT2D eigenvalue weighted by Gasteiger charge is -2.42. The van der Waals surface area contributed by atoms with Gasteiger partial charge in [-0.25, -0.2) is 9.59 Å². The van der Waals surface area contributed by atoms with Crippen LogP contribution in [0.25, 0.3) is 0 Å². The Kier molecular flexibility index (Phi) is 6.22. The van der Waals surface area contributed by atoms with Crippen LogP contribution in [0.2, 0.25) is 0 Å². The Labute approximate surface area is 188 Å². The standard InChI is InChI=1S/C23H31N3O6/c1-22(2,3)31-20(29)24-11-12-25(21(30)32-23(4,5)6)15(13-24)14-26-18(27)16-9-7-8-10-17(16)19(26)28/h7-10,15H,11-14H2,1-6H3/t15-/m1/s1. The fourth-order valence-electron chi connectivity index (χ4n) is 3.68. The molecule has 1 atom stereocenters. The van der Waals surface area contributed by atoms with Crippen molar-refractivity contribution in [2.45, 2.75) is 58.8 Å². The van der Waals surface area contributed by atoms with E-state index < -0.39 is 41.2 Å². The van der Waals surface area contributed by atoms with E-state index in [0.29, 0.717) is 11.1 Å². The largest absolute Gasteiger partial charge is 0.444 e. The molecule has 2 heterocycles. The molecule has 0 unspecified atom stereocenters. The summed E-state index contributed by atoms with van der Waals surface area (Å²) in [4.78, 5) is 55.3. The Morgan fingerprint density at radius 1 is 0.875 bits per heavy atom. The predicted molar refractivity (Wildman–Crippen MR) is 116 cm³/mol. The molecule has 2 aliphatic heterocycles. The lowest BCUT2D eigenvalue weighted by Crippen LogP contribution is -2.61. The van der Waals surface area contributed by atoms with Crippen molar-refractivity contribution in [1.29, 1.82) is 0 Å². The number of piperazine rings is 1. The second-order valence-electron chi connectivity index (χ2n) is 10.0. The van der Waals surface area contributed by atoms with Crippen LogP contribution in [0.4, 0.5) is 9.59 Å². The second kappa shape index (κ2) is 8.44. The number of fused-ring (bicyclic) bond motifs is 1. The molecule has 4 amide bonds. The molecule has 0 spiro atoms. The minimum Gasteiger partial charge on any atom is -0.444 e. The molecule has 1 saturated heterocycles. The Morgan fingerprint density at radius 3 is 1.88 bits per heavy atom. The number of ether oxygens (including phenoxy) is 2. The molecule has 0 aliphatic carbocycles. The summed E-state index contributed by atoms with van der Waals surface area (Å²) in [6.45, 7) is 11.1.